The van der Waals surface area contributed by atoms with Crippen molar-refractivity contribution in [2.45, 2.75) is 43.3 Å². The van der Waals surface area contributed by atoms with Gasteiger partial charge in [-0.15, -0.1) is 0 Å². The first-order valence-corrected chi connectivity index (χ1v) is 13.6. The zero-order valence-electron chi connectivity index (χ0n) is 20.3. The number of benzene rings is 2. The largest absolute Gasteiger partial charge is 0.381 e. The van der Waals surface area contributed by atoms with Crippen molar-refractivity contribution in [1.82, 2.24) is 19.8 Å². The number of sulfonamides is 1. The van der Waals surface area contributed by atoms with Crippen LogP contribution in [0.4, 0.5) is 19.0 Å². The molecule has 3 heterocycles. The first-order chi connectivity index (χ1) is 18.2. The minimum atomic E-state index is -4.23. The molecule has 0 spiro atoms. The van der Waals surface area contributed by atoms with Gasteiger partial charge in [0.15, 0.2) is 5.82 Å². The van der Waals surface area contributed by atoms with E-state index in [0.717, 1.165) is 29.3 Å². The van der Waals surface area contributed by atoms with Crippen molar-refractivity contribution in [3.05, 3.63) is 76.2 Å². The van der Waals surface area contributed by atoms with E-state index in [1.165, 1.54) is 12.1 Å². The maximum Gasteiger partial charge on any atom is 0.260 e. The van der Waals surface area contributed by atoms with Gasteiger partial charge in [0.2, 0.25) is 10.0 Å². The van der Waals surface area contributed by atoms with Crippen LogP contribution in [0, 0.1) is 17.5 Å². The summed E-state index contributed by atoms with van der Waals surface area (Å²) < 4.78 is 74.8. The molecule has 3 N–H and O–H groups in total. The number of rotatable bonds is 7. The number of amides is 1. The number of nitrogens with one attached hydrogen (secondary N) is 3. The summed E-state index contributed by atoms with van der Waals surface area (Å²) in [4.78, 5) is 12.7. The number of carbonyl (C=O) groups excluding carboxylic acids is 1. The van der Waals surface area contributed by atoms with Gasteiger partial charge in [-0.1, -0.05) is 12.1 Å². The van der Waals surface area contributed by atoms with E-state index in [9.17, 15) is 26.4 Å². The van der Waals surface area contributed by atoms with Crippen LogP contribution in [-0.2, 0) is 34.3 Å². The second-order valence-corrected chi connectivity index (χ2v) is 11.2. The van der Waals surface area contributed by atoms with Crippen molar-refractivity contribution >= 4 is 21.7 Å². The number of ether oxygens (including phenoxy) is 1. The molecule has 0 bridgehead atoms. The number of nitrogens with zero attached hydrogens (tertiary/aromatic N) is 2. The Hall–Kier alpha value is -3.26. The quantitative estimate of drug-likeness (QED) is 0.417. The molecule has 5 rings (SSSR count). The average molecular weight is 550 g/mol. The topological polar surface area (TPSA) is 116 Å². The predicted molar refractivity (Wildman–Crippen MR) is 131 cm³/mol. The summed E-state index contributed by atoms with van der Waals surface area (Å²) in [5, 5.41) is 12.8. The van der Waals surface area contributed by atoms with E-state index >= 15 is 0 Å². The van der Waals surface area contributed by atoms with Crippen LogP contribution < -0.4 is 10.6 Å². The van der Waals surface area contributed by atoms with Crippen molar-refractivity contribution in [3.63, 3.8) is 0 Å². The van der Waals surface area contributed by atoms with Crippen LogP contribution in [0.15, 0.2) is 41.3 Å². The molecular formula is C25H26F3N5O4S. The molecule has 1 saturated heterocycles. The summed E-state index contributed by atoms with van der Waals surface area (Å²) in [6.07, 6.45) is 1.87. The van der Waals surface area contributed by atoms with Gasteiger partial charge in [0, 0.05) is 62.6 Å². The summed E-state index contributed by atoms with van der Waals surface area (Å²) in [5.41, 5.74) is 1.32. The Morgan fingerprint density at radius 2 is 1.87 bits per heavy atom. The highest BCUT2D eigenvalue weighted by Crippen LogP contribution is 2.29. The van der Waals surface area contributed by atoms with E-state index in [4.69, 9.17) is 4.74 Å². The summed E-state index contributed by atoms with van der Waals surface area (Å²) >= 11 is 0. The SMILES string of the molecule is O=C(Nc1n[nH]c2c1CN(S(=O)(=O)c1cc(F)cc(F)c1)CC2)c1c(F)cccc1CNC1CCOCC1. The highest BCUT2D eigenvalue weighted by atomic mass is 32.2. The van der Waals surface area contributed by atoms with Crippen molar-refractivity contribution in [2.75, 3.05) is 25.1 Å². The highest BCUT2D eigenvalue weighted by molar-refractivity contribution is 7.89. The molecule has 38 heavy (non-hydrogen) atoms. The van der Waals surface area contributed by atoms with Crippen molar-refractivity contribution in [1.29, 1.82) is 0 Å². The molecule has 0 atom stereocenters. The van der Waals surface area contributed by atoms with E-state index in [2.05, 4.69) is 20.8 Å². The van der Waals surface area contributed by atoms with E-state index in [-0.39, 0.29) is 43.5 Å². The van der Waals surface area contributed by atoms with E-state index in [1.54, 1.807) is 6.07 Å². The van der Waals surface area contributed by atoms with Gasteiger partial charge in [0.25, 0.3) is 5.91 Å². The number of hydrogen-bond acceptors (Lipinski definition) is 6. The zero-order chi connectivity index (χ0) is 26.9. The Labute approximate surface area is 217 Å². The van der Waals surface area contributed by atoms with E-state index in [0.29, 0.717) is 36.1 Å². The molecule has 0 radical (unpaired) electrons. The van der Waals surface area contributed by atoms with Gasteiger partial charge in [-0.05, 0) is 36.6 Å². The van der Waals surface area contributed by atoms with Crippen LogP contribution in [-0.4, -0.2) is 54.6 Å². The van der Waals surface area contributed by atoms with Crippen molar-refractivity contribution in [3.8, 4) is 0 Å². The molecule has 2 aromatic carbocycles. The molecule has 2 aliphatic rings. The number of aromatic nitrogens is 2. The van der Waals surface area contributed by atoms with Crippen LogP contribution in [0.3, 0.4) is 0 Å². The van der Waals surface area contributed by atoms with Crippen LogP contribution >= 0.6 is 0 Å². The number of carbonyl (C=O) groups is 1. The second kappa shape index (κ2) is 10.8. The number of H-pyrrole nitrogens is 1. The van der Waals surface area contributed by atoms with Gasteiger partial charge in [0.05, 0.1) is 10.5 Å². The fraction of sp³-hybridized carbons (Fsp3) is 0.360. The minimum absolute atomic E-state index is 0.0401. The third kappa shape index (κ3) is 5.46. The molecule has 1 fully saturated rings. The smallest absolute Gasteiger partial charge is 0.260 e. The third-order valence-electron chi connectivity index (χ3n) is 6.73. The lowest BCUT2D eigenvalue weighted by Gasteiger charge is -2.26. The normalized spacial score (nSPS) is 16.8. The van der Waals surface area contributed by atoms with Gasteiger partial charge in [-0.3, -0.25) is 9.89 Å². The maximum atomic E-state index is 14.8. The second-order valence-electron chi connectivity index (χ2n) is 9.22. The number of fused-ring (bicyclic) bond motifs is 1. The van der Waals surface area contributed by atoms with Gasteiger partial charge in [-0.2, -0.15) is 9.40 Å². The molecule has 0 unspecified atom stereocenters. The summed E-state index contributed by atoms with van der Waals surface area (Å²) in [6.45, 7) is 1.40. The Balaban J connectivity index is 1.35. The van der Waals surface area contributed by atoms with E-state index in [1.807, 2.05) is 0 Å². The third-order valence-corrected chi connectivity index (χ3v) is 8.56. The molecule has 202 valence electrons. The van der Waals surface area contributed by atoms with Crippen LogP contribution in [0.5, 0.6) is 0 Å². The number of halogens is 3. The molecule has 1 amide bonds. The molecule has 9 nitrogen and oxygen atoms in total. The average Bonchev–Trinajstić information content (AvgIpc) is 3.29. The minimum Gasteiger partial charge on any atom is -0.381 e. The van der Waals surface area contributed by atoms with Gasteiger partial charge < -0.3 is 15.4 Å². The lowest BCUT2D eigenvalue weighted by Crippen LogP contribution is -2.36. The molecular weight excluding hydrogens is 523 g/mol. The first kappa shape index (κ1) is 26.4. The number of anilines is 1. The van der Waals surface area contributed by atoms with Crippen molar-refractivity contribution < 1.29 is 31.1 Å². The van der Waals surface area contributed by atoms with Gasteiger partial charge in [0.1, 0.15) is 17.5 Å². The van der Waals surface area contributed by atoms with Gasteiger partial charge >= 0.3 is 0 Å². The fourth-order valence-corrected chi connectivity index (χ4v) is 6.15. The summed E-state index contributed by atoms with van der Waals surface area (Å²) in [6, 6.07) is 6.67. The Kier molecular flexibility index (Phi) is 7.52. The molecule has 0 saturated carbocycles. The van der Waals surface area contributed by atoms with Crippen LogP contribution in [0.2, 0.25) is 0 Å². The lowest BCUT2D eigenvalue weighted by molar-refractivity contribution is 0.0775. The predicted octanol–water partition coefficient (Wildman–Crippen LogP) is 3.09. The first-order valence-electron chi connectivity index (χ1n) is 12.1. The van der Waals surface area contributed by atoms with E-state index < -0.39 is 38.3 Å². The molecule has 1 aromatic heterocycles. The molecule has 0 aliphatic carbocycles. The standard InChI is InChI=1S/C25H26F3N5O4S/c26-16-10-17(27)12-19(11-16)38(35,36)33-7-4-22-20(14-33)24(32-31-22)30-25(34)23-15(2-1-3-21(23)28)13-29-18-5-8-37-9-6-18/h1-3,10-12,18,29H,4-9,13-14H2,(H2,30,31,32,34). The molecule has 3 aromatic rings. The molecule has 2 aliphatic heterocycles. The van der Waals surface area contributed by atoms with Gasteiger partial charge in [-0.25, -0.2) is 21.6 Å². The monoisotopic (exact) mass is 549 g/mol. The fourth-order valence-electron chi connectivity index (χ4n) is 4.70. The Morgan fingerprint density at radius 3 is 2.61 bits per heavy atom. The maximum absolute atomic E-state index is 14.8. The summed E-state index contributed by atoms with van der Waals surface area (Å²) in [7, 11) is -4.23. The van der Waals surface area contributed by atoms with Crippen molar-refractivity contribution in [2.24, 2.45) is 0 Å². The lowest BCUT2D eigenvalue weighted by atomic mass is 10.0. The molecule has 13 heteroatoms. The van der Waals surface area contributed by atoms with Crippen LogP contribution in [0.25, 0.3) is 0 Å². The highest BCUT2D eigenvalue weighted by Gasteiger charge is 2.32. The number of hydrogen-bond donors (Lipinski definition) is 3. The summed E-state index contributed by atoms with van der Waals surface area (Å²) in [5.74, 6) is -3.39. The van der Waals surface area contributed by atoms with Crippen LogP contribution in [0.1, 0.15) is 40.0 Å². The Bertz CT molecular complexity index is 1440. The Morgan fingerprint density at radius 1 is 1.13 bits per heavy atom. The number of aromatic amines is 1. The zero-order valence-corrected chi connectivity index (χ0v) is 21.1.